The summed E-state index contributed by atoms with van der Waals surface area (Å²) in [6, 6.07) is 2.19. The zero-order valence-corrected chi connectivity index (χ0v) is 13.6. The second-order valence-corrected chi connectivity index (χ2v) is 5.91. The molecule has 0 aromatic carbocycles. The smallest absolute Gasteiger partial charge is 0.260 e. The Balaban J connectivity index is 2.51. The van der Waals surface area contributed by atoms with E-state index in [1.165, 1.54) is 9.80 Å². The van der Waals surface area contributed by atoms with Gasteiger partial charge in [0.25, 0.3) is 11.8 Å². The van der Waals surface area contributed by atoms with Crippen LogP contribution in [-0.4, -0.2) is 60.4 Å². The van der Waals surface area contributed by atoms with Gasteiger partial charge in [-0.1, -0.05) is 0 Å². The number of hydrogen-bond donors (Lipinski definition) is 0. The van der Waals surface area contributed by atoms with E-state index in [0.717, 1.165) is 31.6 Å². The van der Waals surface area contributed by atoms with Gasteiger partial charge >= 0.3 is 0 Å². The first-order valence-electron chi connectivity index (χ1n) is 7.46. The predicted molar refractivity (Wildman–Crippen MR) is 82.2 cm³/mol. The van der Waals surface area contributed by atoms with Gasteiger partial charge in [0, 0.05) is 32.9 Å². The number of allylic oxidation sites excluding steroid dienone is 3. The summed E-state index contributed by atoms with van der Waals surface area (Å²) >= 11 is 0. The molecule has 2 rings (SSSR count). The number of likely N-dealkylation sites (tertiary alicyclic amines) is 1. The summed E-state index contributed by atoms with van der Waals surface area (Å²) in [4.78, 5) is 29.8. The summed E-state index contributed by atoms with van der Waals surface area (Å²) in [6.45, 7) is 5.68. The van der Waals surface area contributed by atoms with Crippen LogP contribution >= 0.6 is 0 Å². The topological polar surface area (TPSA) is 67.6 Å². The fourth-order valence-electron chi connectivity index (χ4n) is 3.01. The van der Waals surface area contributed by atoms with Crippen molar-refractivity contribution in [1.82, 2.24) is 14.7 Å². The molecule has 2 aliphatic rings. The highest BCUT2D eigenvalue weighted by Crippen LogP contribution is 2.26. The minimum absolute atomic E-state index is 0.103. The van der Waals surface area contributed by atoms with E-state index in [0.29, 0.717) is 11.1 Å². The molecule has 2 saturated heterocycles. The van der Waals surface area contributed by atoms with Crippen molar-refractivity contribution in [2.45, 2.75) is 26.7 Å². The lowest BCUT2D eigenvalue weighted by atomic mass is 9.97. The molecule has 0 spiro atoms. The first kappa shape index (κ1) is 16.1. The Labute approximate surface area is 131 Å². The maximum absolute atomic E-state index is 12.4. The summed E-state index contributed by atoms with van der Waals surface area (Å²) in [7, 11) is 3.31. The second kappa shape index (κ2) is 6.22. The standard InChI is InChI=1S/C16H22N4O2/c1-11(13(9-17)12(2)20-7-5-6-8-20)14-15(21)18(3)10-19(4)16(14)22/h5-8,10H2,1-4H3/b13-12+. The van der Waals surface area contributed by atoms with Crippen molar-refractivity contribution >= 4 is 11.8 Å². The fourth-order valence-corrected chi connectivity index (χ4v) is 3.01. The fraction of sp³-hybridized carbons (Fsp3) is 0.562. The molecule has 118 valence electrons. The Hall–Kier alpha value is -2.29. The first-order valence-corrected chi connectivity index (χ1v) is 7.46. The number of likely N-dealkylation sites (N-methyl/N-ethyl adjacent to an activating group) is 2. The molecule has 2 fully saturated rings. The first-order chi connectivity index (χ1) is 10.4. The van der Waals surface area contributed by atoms with E-state index in [-0.39, 0.29) is 24.1 Å². The molecule has 0 aromatic rings. The number of rotatable bonds is 2. The van der Waals surface area contributed by atoms with E-state index in [9.17, 15) is 14.9 Å². The van der Waals surface area contributed by atoms with Gasteiger partial charge in [0.15, 0.2) is 0 Å². The van der Waals surface area contributed by atoms with Crippen LogP contribution in [-0.2, 0) is 9.59 Å². The van der Waals surface area contributed by atoms with Crippen LogP contribution in [0.3, 0.4) is 0 Å². The maximum Gasteiger partial charge on any atom is 0.260 e. The molecular formula is C16H22N4O2. The molecular weight excluding hydrogens is 280 g/mol. The third-order valence-corrected chi connectivity index (χ3v) is 4.35. The van der Waals surface area contributed by atoms with Crippen molar-refractivity contribution in [2.75, 3.05) is 33.9 Å². The highest BCUT2D eigenvalue weighted by Gasteiger charge is 2.34. The zero-order chi connectivity index (χ0) is 16.4. The lowest BCUT2D eigenvalue weighted by Gasteiger charge is -2.32. The second-order valence-electron chi connectivity index (χ2n) is 5.91. The SMILES string of the molecule is CC(=C1C(=O)N(C)CN(C)C1=O)/C(C#N)=C(\C)N1CCCC1. The quantitative estimate of drug-likeness (QED) is 0.435. The van der Waals surface area contributed by atoms with Gasteiger partial charge in [0.1, 0.15) is 11.6 Å². The van der Waals surface area contributed by atoms with Crippen molar-refractivity contribution in [2.24, 2.45) is 0 Å². The van der Waals surface area contributed by atoms with Crippen molar-refractivity contribution in [3.05, 3.63) is 22.4 Å². The van der Waals surface area contributed by atoms with Crippen molar-refractivity contribution < 1.29 is 9.59 Å². The average Bonchev–Trinajstić information content (AvgIpc) is 3.00. The van der Waals surface area contributed by atoms with Gasteiger partial charge in [-0.15, -0.1) is 0 Å². The molecule has 0 saturated carbocycles. The number of amides is 2. The molecule has 0 bridgehead atoms. The highest BCUT2D eigenvalue weighted by molar-refractivity contribution is 6.20. The van der Waals surface area contributed by atoms with Gasteiger partial charge in [-0.2, -0.15) is 5.26 Å². The van der Waals surface area contributed by atoms with Crippen LogP contribution in [0.4, 0.5) is 0 Å². The third-order valence-electron chi connectivity index (χ3n) is 4.35. The van der Waals surface area contributed by atoms with E-state index in [2.05, 4.69) is 11.0 Å². The minimum atomic E-state index is -0.317. The lowest BCUT2D eigenvalue weighted by molar-refractivity contribution is -0.141. The van der Waals surface area contributed by atoms with Gasteiger partial charge < -0.3 is 14.7 Å². The van der Waals surface area contributed by atoms with Crippen LogP contribution in [0.5, 0.6) is 0 Å². The normalized spacial score (nSPS) is 20.3. The van der Waals surface area contributed by atoms with Crippen LogP contribution in [0.1, 0.15) is 26.7 Å². The Morgan fingerprint density at radius 3 is 2.00 bits per heavy atom. The number of nitrogens with zero attached hydrogens (tertiary/aromatic N) is 4. The number of carbonyl (C=O) groups excluding carboxylic acids is 2. The van der Waals surface area contributed by atoms with E-state index in [1.54, 1.807) is 21.0 Å². The van der Waals surface area contributed by atoms with Crippen LogP contribution < -0.4 is 0 Å². The summed E-state index contributed by atoms with van der Waals surface area (Å²) in [5.41, 5.74) is 1.86. The zero-order valence-electron chi connectivity index (χ0n) is 13.6. The monoisotopic (exact) mass is 302 g/mol. The van der Waals surface area contributed by atoms with Gasteiger partial charge in [0.2, 0.25) is 0 Å². The predicted octanol–water partition coefficient (Wildman–Crippen LogP) is 1.08. The molecule has 0 aliphatic carbocycles. The molecule has 6 heteroatoms. The highest BCUT2D eigenvalue weighted by atomic mass is 16.2. The Bertz CT molecular complexity index is 584. The van der Waals surface area contributed by atoms with Crippen LogP contribution in [0.2, 0.25) is 0 Å². The largest absolute Gasteiger partial charge is 0.374 e. The lowest BCUT2D eigenvalue weighted by Crippen LogP contribution is -2.49. The van der Waals surface area contributed by atoms with Crippen LogP contribution in [0.25, 0.3) is 0 Å². The summed E-state index contributed by atoms with van der Waals surface area (Å²) < 4.78 is 0. The molecule has 6 nitrogen and oxygen atoms in total. The summed E-state index contributed by atoms with van der Waals surface area (Å²) in [5, 5.41) is 9.54. The molecule has 2 aliphatic heterocycles. The minimum Gasteiger partial charge on any atom is -0.374 e. The van der Waals surface area contributed by atoms with Crippen molar-refractivity contribution in [1.29, 1.82) is 5.26 Å². The van der Waals surface area contributed by atoms with Gasteiger partial charge in [-0.05, 0) is 32.3 Å². The number of hydrogen-bond acceptors (Lipinski definition) is 4. The Kier molecular flexibility index (Phi) is 4.55. The van der Waals surface area contributed by atoms with E-state index in [1.807, 2.05) is 6.92 Å². The van der Waals surface area contributed by atoms with E-state index in [4.69, 9.17) is 0 Å². The molecule has 0 unspecified atom stereocenters. The van der Waals surface area contributed by atoms with Crippen molar-refractivity contribution in [3.63, 3.8) is 0 Å². The van der Waals surface area contributed by atoms with Crippen LogP contribution in [0, 0.1) is 11.3 Å². The maximum atomic E-state index is 12.4. The molecule has 0 aromatic heterocycles. The van der Waals surface area contributed by atoms with Crippen molar-refractivity contribution in [3.8, 4) is 6.07 Å². The van der Waals surface area contributed by atoms with E-state index >= 15 is 0 Å². The Morgan fingerprint density at radius 1 is 1.05 bits per heavy atom. The van der Waals surface area contributed by atoms with Gasteiger partial charge in [0.05, 0.1) is 12.2 Å². The molecule has 0 radical (unpaired) electrons. The molecule has 22 heavy (non-hydrogen) atoms. The van der Waals surface area contributed by atoms with Gasteiger partial charge in [-0.25, -0.2) is 0 Å². The Morgan fingerprint density at radius 2 is 1.55 bits per heavy atom. The molecule has 0 N–H and O–H groups in total. The molecule has 2 heterocycles. The molecule has 0 atom stereocenters. The van der Waals surface area contributed by atoms with Gasteiger partial charge in [-0.3, -0.25) is 9.59 Å². The summed E-state index contributed by atoms with van der Waals surface area (Å²) in [5.74, 6) is -0.634. The number of carbonyl (C=O) groups is 2. The number of nitriles is 1. The third kappa shape index (κ3) is 2.71. The summed E-state index contributed by atoms with van der Waals surface area (Å²) in [6.07, 6.45) is 2.21. The van der Waals surface area contributed by atoms with Crippen LogP contribution in [0.15, 0.2) is 22.4 Å². The average molecular weight is 302 g/mol. The molecule has 2 amide bonds. The van der Waals surface area contributed by atoms with E-state index < -0.39 is 0 Å².